The van der Waals surface area contributed by atoms with E-state index in [2.05, 4.69) is 4.74 Å². The molecule has 84 valence electrons. The summed E-state index contributed by atoms with van der Waals surface area (Å²) in [4.78, 5) is 41.3. The van der Waals surface area contributed by atoms with Crippen LogP contribution in [0, 0.1) is 0 Å². The van der Waals surface area contributed by atoms with Gasteiger partial charge < -0.3 is 20.1 Å². The average molecular weight is 220 g/mol. The van der Waals surface area contributed by atoms with Gasteiger partial charge in [-0.2, -0.15) is 0 Å². The quantitative estimate of drug-likeness (QED) is 0.380. The van der Waals surface area contributed by atoms with Gasteiger partial charge in [0.05, 0.1) is 12.8 Å². The Balaban J connectivity index is 4.18. The van der Waals surface area contributed by atoms with Crippen LogP contribution in [0.15, 0.2) is 0 Å². The molecular formula is C7H8O8. The van der Waals surface area contributed by atoms with Gasteiger partial charge in [0.1, 0.15) is 0 Å². The van der Waals surface area contributed by atoms with Crippen molar-refractivity contribution in [2.24, 2.45) is 0 Å². The van der Waals surface area contributed by atoms with Gasteiger partial charge in [0.25, 0.3) is 6.10 Å². The summed E-state index contributed by atoms with van der Waals surface area (Å²) in [7, 11) is 0. The van der Waals surface area contributed by atoms with E-state index in [1.165, 1.54) is 0 Å². The lowest BCUT2D eigenvalue weighted by atomic mass is 10.3. The molecule has 0 radical (unpaired) electrons. The summed E-state index contributed by atoms with van der Waals surface area (Å²) in [6.07, 6.45) is -3.43. The topological polar surface area (TPSA) is 138 Å². The second kappa shape index (κ2) is 5.58. The van der Waals surface area contributed by atoms with Gasteiger partial charge in [0, 0.05) is 0 Å². The van der Waals surface area contributed by atoms with Gasteiger partial charge in [-0.25, -0.2) is 9.59 Å². The molecule has 0 saturated carbocycles. The molecule has 3 N–H and O–H groups in total. The summed E-state index contributed by atoms with van der Waals surface area (Å²) >= 11 is 0. The highest BCUT2D eigenvalue weighted by Gasteiger charge is 2.29. The molecule has 0 aromatic rings. The number of rotatable bonds is 6. The van der Waals surface area contributed by atoms with E-state index in [-0.39, 0.29) is 0 Å². The van der Waals surface area contributed by atoms with Gasteiger partial charge in [0.2, 0.25) is 0 Å². The SMILES string of the molecule is O=C(O)CCC(=O)OC(C(=O)O)C(=O)O. The molecule has 0 atom stereocenters. The highest BCUT2D eigenvalue weighted by atomic mass is 16.6. The molecule has 0 saturated heterocycles. The van der Waals surface area contributed by atoms with E-state index in [1.807, 2.05) is 0 Å². The number of carbonyl (C=O) groups is 4. The lowest BCUT2D eigenvalue weighted by molar-refractivity contribution is -0.175. The van der Waals surface area contributed by atoms with Gasteiger partial charge in [-0.15, -0.1) is 0 Å². The minimum absolute atomic E-state index is 0.551. The van der Waals surface area contributed by atoms with Gasteiger partial charge in [-0.1, -0.05) is 0 Å². The van der Waals surface area contributed by atoms with E-state index in [4.69, 9.17) is 15.3 Å². The lowest BCUT2D eigenvalue weighted by Crippen LogP contribution is -2.34. The molecule has 8 heteroatoms. The molecular weight excluding hydrogens is 212 g/mol. The zero-order valence-corrected chi connectivity index (χ0v) is 7.37. The monoisotopic (exact) mass is 220 g/mol. The number of carboxylic acids is 3. The standard InChI is InChI=1S/C7H8O8/c8-3(9)1-2-4(10)15-5(6(11)12)7(13)14/h5H,1-2H2,(H,8,9)(H,11,12)(H,13,14). The third-order valence-electron chi connectivity index (χ3n) is 1.24. The maximum Gasteiger partial charge on any atom is 0.356 e. The Morgan fingerprint density at radius 2 is 1.40 bits per heavy atom. The Labute approximate surface area is 83.1 Å². The number of hydrogen-bond acceptors (Lipinski definition) is 5. The first kappa shape index (κ1) is 12.9. The number of carbonyl (C=O) groups excluding carboxylic acids is 1. The fourth-order valence-electron chi connectivity index (χ4n) is 0.606. The van der Waals surface area contributed by atoms with Crippen LogP contribution in [0.5, 0.6) is 0 Å². The van der Waals surface area contributed by atoms with Crippen LogP contribution in [-0.4, -0.2) is 45.3 Å². The summed E-state index contributed by atoms with van der Waals surface area (Å²) in [6.45, 7) is 0. The van der Waals surface area contributed by atoms with E-state index in [0.29, 0.717) is 0 Å². The van der Waals surface area contributed by atoms with Crippen molar-refractivity contribution in [2.45, 2.75) is 18.9 Å². The summed E-state index contributed by atoms with van der Waals surface area (Å²) in [5.74, 6) is -6.11. The van der Waals surface area contributed by atoms with Gasteiger partial charge in [-0.05, 0) is 0 Å². The first-order valence-electron chi connectivity index (χ1n) is 3.71. The van der Waals surface area contributed by atoms with Crippen molar-refractivity contribution in [3.05, 3.63) is 0 Å². The Kier molecular flexibility index (Phi) is 4.79. The van der Waals surface area contributed by atoms with Crippen LogP contribution in [0.3, 0.4) is 0 Å². The fourth-order valence-corrected chi connectivity index (χ4v) is 0.606. The summed E-state index contributed by atoms with van der Waals surface area (Å²) in [6, 6.07) is 0. The first-order valence-corrected chi connectivity index (χ1v) is 3.71. The predicted octanol–water partition coefficient (Wildman–Crippen LogP) is -1.07. The third kappa shape index (κ3) is 5.24. The number of hydrogen-bond donors (Lipinski definition) is 3. The van der Waals surface area contributed by atoms with E-state index in [0.717, 1.165) is 0 Å². The van der Waals surface area contributed by atoms with Crippen molar-refractivity contribution in [2.75, 3.05) is 0 Å². The van der Waals surface area contributed by atoms with Crippen LogP contribution in [0.4, 0.5) is 0 Å². The van der Waals surface area contributed by atoms with Crippen LogP contribution in [-0.2, 0) is 23.9 Å². The fraction of sp³-hybridized carbons (Fsp3) is 0.429. The first-order chi connectivity index (χ1) is 6.84. The Morgan fingerprint density at radius 1 is 0.933 bits per heavy atom. The Morgan fingerprint density at radius 3 is 1.73 bits per heavy atom. The second-order valence-electron chi connectivity index (χ2n) is 2.44. The molecule has 0 spiro atoms. The van der Waals surface area contributed by atoms with Gasteiger partial charge in [0.15, 0.2) is 0 Å². The van der Waals surface area contributed by atoms with E-state index >= 15 is 0 Å². The van der Waals surface area contributed by atoms with E-state index in [9.17, 15) is 19.2 Å². The molecule has 0 aliphatic rings. The molecule has 0 amide bonds. The van der Waals surface area contributed by atoms with E-state index in [1.54, 1.807) is 0 Å². The van der Waals surface area contributed by atoms with Crippen molar-refractivity contribution in [3.8, 4) is 0 Å². The van der Waals surface area contributed by atoms with Crippen LogP contribution in [0.1, 0.15) is 12.8 Å². The highest BCUT2D eigenvalue weighted by molar-refractivity contribution is 5.98. The van der Waals surface area contributed by atoms with Gasteiger partial charge in [-0.3, -0.25) is 9.59 Å². The Bertz CT molecular complexity index is 279. The van der Waals surface area contributed by atoms with Gasteiger partial charge >= 0.3 is 23.9 Å². The molecule has 0 heterocycles. The van der Waals surface area contributed by atoms with Crippen molar-refractivity contribution >= 4 is 23.9 Å². The van der Waals surface area contributed by atoms with Crippen molar-refractivity contribution in [3.63, 3.8) is 0 Å². The molecule has 0 bridgehead atoms. The minimum Gasteiger partial charge on any atom is -0.481 e. The number of aliphatic carboxylic acids is 3. The predicted molar refractivity (Wildman–Crippen MR) is 42.0 cm³/mol. The smallest absolute Gasteiger partial charge is 0.356 e. The lowest BCUT2D eigenvalue weighted by Gasteiger charge is -2.08. The van der Waals surface area contributed by atoms with Crippen LogP contribution in [0.2, 0.25) is 0 Å². The molecule has 0 aromatic heterocycles. The number of carboxylic acid groups (broad SMARTS) is 3. The van der Waals surface area contributed by atoms with Crippen molar-refractivity contribution in [1.29, 1.82) is 0 Å². The zero-order valence-electron chi connectivity index (χ0n) is 7.37. The normalized spacial score (nSPS) is 9.67. The maximum absolute atomic E-state index is 10.8. The summed E-state index contributed by atoms with van der Waals surface area (Å²) in [5, 5.41) is 24.8. The van der Waals surface area contributed by atoms with Crippen LogP contribution in [0.25, 0.3) is 0 Å². The second-order valence-corrected chi connectivity index (χ2v) is 2.44. The summed E-state index contributed by atoms with van der Waals surface area (Å²) < 4.78 is 4.02. The molecule has 15 heavy (non-hydrogen) atoms. The van der Waals surface area contributed by atoms with Crippen molar-refractivity contribution < 1.29 is 39.2 Å². The maximum atomic E-state index is 10.8. The molecule has 0 unspecified atom stereocenters. The Hall–Kier alpha value is -2.12. The number of ether oxygens (including phenoxy) is 1. The third-order valence-corrected chi connectivity index (χ3v) is 1.24. The summed E-state index contributed by atoms with van der Waals surface area (Å²) in [5.41, 5.74) is 0. The van der Waals surface area contributed by atoms with Crippen LogP contribution >= 0.6 is 0 Å². The minimum atomic E-state index is -2.30. The molecule has 0 aliphatic carbocycles. The average Bonchev–Trinajstić information content (AvgIpc) is 2.09. The zero-order chi connectivity index (χ0) is 12.0. The van der Waals surface area contributed by atoms with E-state index < -0.39 is 42.8 Å². The van der Waals surface area contributed by atoms with Crippen LogP contribution < -0.4 is 0 Å². The highest BCUT2D eigenvalue weighted by Crippen LogP contribution is 1.99. The van der Waals surface area contributed by atoms with Crippen molar-refractivity contribution in [1.82, 2.24) is 0 Å². The largest absolute Gasteiger partial charge is 0.481 e. The molecule has 0 aliphatic heterocycles. The molecule has 8 nitrogen and oxygen atoms in total. The molecule has 0 fully saturated rings. The molecule has 0 rings (SSSR count). The number of esters is 1. The molecule has 0 aromatic carbocycles.